The summed E-state index contributed by atoms with van der Waals surface area (Å²) >= 11 is 0. The SMILES string of the molecule is Nc1ccc(C(O)c2cc(F)ccc2F)cc1. The van der Waals surface area contributed by atoms with Gasteiger partial charge in [0, 0.05) is 11.3 Å². The van der Waals surface area contributed by atoms with Crippen molar-refractivity contribution in [2.24, 2.45) is 0 Å². The summed E-state index contributed by atoms with van der Waals surface area (Å²) in [4.78, 5) is 0. The van der Waals surface area contributed by atoms with Crippen LogP contribution in [0.5, 0.6) is 0 Å². The highest BCUT2D eigenvalue weighted by Crippen LogP contribution is 2.25. The molecule has 4 heteroatoms. The van der Waals surface area contributed by atoms with Crippen molar-refractivity contribution in [3.8, 4) is 0 Å². The Morgan fingerprint density at radius 1 is 1.00 bits per heavy atom. The maximum Gasteiger partial charge on any atom is 0.129 e. The molecule has 0 saturated heterocycles. The van der Waals surface area contributed by atoms with E-state index in [1.54, 1.807) is 24.3 Å². The smallest absolute Gasteiger partial charge is 0.129 e. The first-order valence-electron chi connectivity index (χ1n) is 5.06. The van der Waals surface area contributed by atoms with Gasteiger partial charge in [-0.2, -0.15) is 0 Å². The maximum absolute atomic E-state index is 13.4. The monoisotopic (exact) mass is 235 g/mol. The first kappa shape index (κ1) is 11.5. The van der Waals surface area contributed by atoms with Crippen molar-refractivity contribution < 1.29 is 13.9 Å². The minimum absolute atomic E-state index is 0.0882. The normalized spacial score (nSPS) is 12.4. The molecule has 0 spiro atoms. The van der Waals surface area contributed by atoms with Crippen LogP contribution in [0.1, 0.15) is 17.2 Å². The molecule has 2 aromatic rings. The summed E-state index contributed by atoms with van der Waals surface area (Å²) in [6, 6.07) is 9.32. The van der Waals surface area contributed by atoms with E-state index < -0.39 is 17.7 Å². The van der Waals surface area contributed by atoms with E-state index >= 15 is 0 Å². The molecular weight excluding hydrogens is 224 g/mol. The summed E-state index contributed by atoms with van der Waals surface area (Å²) in [5, 5.41) is 9.94. The van der Waals surface area contributed by atoms with Crippen LogP contribution in [0.25, 0.3) is 0 Å². The van der Waals surface area contributed by atoms with Gasteiger partial charge in [0.25, 0.3) is 0 Å². The predicted molar refractivity (Wildman–Crippen MR) is 61.3 cm³/mol. The molecule has 0 bridgehead atoms. The Bertz CT molecular complexity index is 525. The Hall–Kier alpha value is -1.94. The topological polar surface area (TPSA) is 46.2 Å². The molecule has 1 unspecified atom stereocenters. The van der Waals surface area contributed by atoms with Gasteiger partial charge in [-0.3, -0.25) is 0 Å². The largest absolute Gasteiger partial charge is 0.399 e. The van der Waals surface area contributed by atoms with E-state index in [4.69, 9.17) is 5.73 Å². The lowest BCUT2D eigenvalue weighted by Crippen LogP contribution is -2.03. The van der Waals surface area contributed by atoms with E-state index in [0.29, 0.717) is 11.3 Å². The fraction of sp³-hybridized carbons (Fsp3) is 0.0769. The number of nitrogens with two attached hydrogens (primary N) is 1. The molecule has 0 aliphatic rings. The van der Waals surface area contributed by atoms with Crippen molar-refractivity contribution >= 4 is 5.69 Å². The van der Waals surface area contributed by atoms with E-state index in [1.807, 2.05) is 0 Å². The van der Waals surface area contributed by atoms with Gasteiger partial charge in [-0.05, 0) is 35.9 Å². The summed E-state index contributed by atoms with van der Waals surface area (Å²) in [6.45, 7) is 0. The van der Waals surface area contributed by atoms with E-state index in [1.165, 1.54) is 0 Å². The van der Waals surface area contributed by atoms with Crippen LogP contribution in [-0.2, 0) is 0 Å². The van der Waals surface area contributed by atoms with Crippen LogP contribution in [0, 0.1) is 11.6 Å². The first-order chi connectivity index (χ1) is 8.08. The van der Waals surface area contributed by atoms with Gasteiger partial charge in [-0.1, -0.05) is 12.1 Å². The Kier molecular flexibility index (Phi) is 3.06. The summed E-state index contributed by atoms with van der Waals surface area (Å²) in [5.74, 6) is -1.23. The number of aliphatic hydroxyl groups is 1. The van der Waals surface area contributed by atoms with Crippen molar-refractivity contribution in [3.63, 3.8) is 0 Å². The van der Waals surface area contributed by atoms with Crippen LogP contribution >= 0.6 is 0 Å². The standard InChI is InChI=1S/C13H11F2NO/c14-9-3-6-12(15)11(7-9)13(17)8-1-4-10(16)5-2-8/h1-7,13,17H,16H2. The molecule has 0 aromatic heterocycles. The maximum atomic E-state index is 13.4. The molecular formula is C13H11F2NO. The zero-order valence-corrected chi connectivity index (χ0v) is 8.90. The van der Waals surface area contributed by atoms with Crippen LogP contribution in [0.2, 0.25) is 0 Å². The van der Waals surface area contributed by atoms with Gasteiger partial charge in [-0.15, -0.1) is 0 Å². The van der Waals surface area contributed by atoms with Crippen molar-refractivity contribution in [1.29, 1.82) is 0 Å². The quantitative estimate of drug-likeness (QED) is 0.786. The third-order valence-electron chi connectivity index (χ3n) is 2.50. The van der Waals surface area contributed by atoms with E-state index in [-0.39, 0.29) is 5.56 Å². The van der Waals surface area contributed by atoms with Gasteiger partial charge in [0.15, 0.2) is 0 Å². The Morgan fingerprint density at radius 3 is 2.29 bits per heavy atom. The minimum Gasteiger partial charge on any atom is -0.399 e. The lowest BCUT2D eigenvalue weighted by molar-refractivity contribution is 0.214. The van der Waals surface area contributed by atoms with E-state index in [0.717, 1.165) is 18.2 Å². The third-order valence-corrected chi connectivity index (χ3v) is 2.50. The van der Waals surface area contributed by atoms with Crippen LogP contribution in [-0.4, -0.2) is 5.11 Å². The van der Waals surface area contributed by atoms with Gasteiger partial charge in [0.1, 0.15) is 17.7 Å². The number of halogens is 2. The number of nitrogen functional groups attached to an aromatic ring is 1. The molecule has 0 aliphatic heterocycles. The van der Waals surface area contributed by atoms with Gasteiger partial charge in [-0.25, -0.2) is 8.78 Å². The molecule has 2 aromatic carbocycles. The second kappa shape index (κ2) is 4.51. The zero-order valence-electron chi connectivity index (χ0n) is 8.90. The average Bonchev–Trinajstić information content (AvgIpc) is 2.32. The number of aliphatic hydroxyl groups excluding tert-OH is 1. The predicted octanol–water partition coefficient (Wildman–Crippen LogP) is 2.63. The Labute approximate surface area is 97.3 Å². The number of benzene rings is 2. The number of anilines is 1. The Morgan fingerprint density at radius 2 is 1.65 bits per heavy atom. The molecule has 0 aliphatic carbocycles. The highest BCUT2D eigenvalue weighted by atomic mass is 19.1. The first-order valence-corrected chi connectivity index (χ1v) is 5.06. The second-order valence-electron chi connectivity index (χ2n) is 3.74. The minimum atomic E-state index is -1.20. The lowest BCUT2D eigenvalue weighted by Gasteiger charge is -2.12. The fourth-order valence-corrected chi connectivity index (χ4v) is 1.58. The number of hydrogen-bond acceptors (Lipinski definition) is 2. The summed E-state index contributed by atoms with van der Waals surface area (Å²) < 4.78 is 26.4. The zero-order chi connectivity index (χ0) is 12.4. The Balaban J connectivity index is 2.39. The molecule has 0 heterocycles. The molecule has 0 fully saturated rings. The van der Waals surface area contributed by atoms with Gasteiger partial charge < -0.3 is 10.8 Å². The molecule has 0 radical (unpaired) electrons. The summed E-state index contributed by atoms with van der Waals surface area (Å²) in [5.41, 5.74) is 6.42. The fourth-order valence-electron chi connectivity index (χ4n) is 1.58. The van der Waals surface area contributed by atoms with Crippen molar-refractivity contribution in [1.82, 2.24) is 0 Å². The van der Waals surface area contributed by atoms with E-state index in [2.05, 4.69) is 0 Å². The van der Waals surface area contributed by atoms with Gasteiger partial charge in [0.05, 0.1) is 0 Å². The molecule has 88 valence electrons. The molecule has 2 nitrogen and oxygen atoms in total. The van der Waals surface area contributed by atoms with Crippen molar-refractivity contribution in [2.45, 2.75) is 6.10 Å². The molecule has 2 rings (SSSR count). The van der Waals surface area contributed by atoms with Crippen LogP contribution in [0.15, 0.2) is 42.5 Å². The van der Waals surface area contributed by atoms with Crippen molar-refractivity contribution in [2.75, 3.05) is 5.73 Å². The molecule has 1 atom stereocenters. The summed E-state index contributed by atoms with van der Waals surface area (Å²) in [7, 11) is 0. The van der Waals surface area contributed by atoms with E-state index in [9.17, 15) is 13.9 Å². The average molecular weight is 235 g/mol. The number of rotatable bonds is 2. The van der Waals surface area contributed by atoms with Gasteiger partial charge >= 0.3 is 0 Å². The number of hydrogen-bond donors (Lipinski definition) is 2. The van der Waals surface area contributed by atoms with Crippen molar-refractivity contribution in [3.05, 3.63) is 65.2 Å². The van der Waals surface area contributed by atoms with Crippen LogP contribution in [0.3, 0.4) is 0 Å². The lowest BCUT2D eigenvalue weighted by atomic mass is 10.0. The van der Waals surface area contributed by atoms with Crippen LogP contribution in [0.4, 0.5) is 14.5 Å². The van der Waals surface area contributed by atoms with Gasteiger partial charge in [0.2, 0.25) is 0 Å². The molecule has 0 amide bonds. The second-order valence-corrected chi connectivity index (χ2v) is 3.74. The highest BCUT2D eigenvalue weighted by Gasteiger charge is 2.15. The molecule has 0 saturated carbocycles. The summed E-state index contributed by atoms with van der Waals surface area (Å²) in [6.07, 6.45) is -1.20. The third kappa shape index (κ3) is 2.42. The molecule has 17 heavy (non-hydrogen) atoms. The highest BCUT2D eigenvalue weighted by molar-refractivity contribution is 5.42. The van der Waals surface area contributed by atoms with Crippen LogP contribution < -0.4 is 5.73 Å². The molecule has 3 N–H and O–H groups in total.